The fourth-order valence-electron chi connectivity index (χ4n) is 4.24. The van der Waals surface area contributed by atoms with Gasteiger partial charge in [-0.15, -0.1) is 5.10 Å². The third-order valence-corrected chi connectivity index (χ3v) is 5.96. The van der Waals surface area contributed by atoms with Crippen LogP contribution in [-0.4, -0.2) is 41.3 Å². The lowest BCUT2D eigenvalue weighted by Crippen LogP contribution is -2.04. The Morgan fingerprint density at radius 1 is 1.06 bits per heavy atom. The third-order valence-electron chi connectivity index (χ3n) is 5.96. The minimum atomic E-state index is 0.588. The summed E-state index contributed by atoms with van der Waals surface area (Å²) >= 11 is 0. The summed E-state index contributed by atoms with van der Waals surface area (Å²) in [5, 5.41) is 29.9. The van der Waals surface area contributed by atoms with Gasteiger partial charge < -0.3 is 5.32 Å². The second kappa shape index (κ2) is 8.43. The lowest BCUT2D eigenvalue weighted by atomic mass is 10.1. The maximum absolute atomic E-state index is 9.05. The van der Waals surface area contributed by atoms with Gasteiger partial charge in [-0.3, -0.25) is 9.78 Å². The number of H-pyrrole nitrogens is 1. The lowest BCUT2D eigenvalue weighted by molar-refractivity contribution is 0.694. The van der Waals surface area contributed by atoms with Crippen LogP contribution in [-0.2, 0) is 6.54 Å². The van der Waals surface area contributed by atoms with Gasteiger partial charge in [0.15, 0.2) is 5.82 Å². The summed E-state index contributed by atoms with van der Waals surface area (Å²) in [6.07, 6.45) is 5.45. The Balaban J connectivity index is 1.44. The number of anilines is 1. The molecule has 2 aromatic carbocycles. The van der Waals surface area contributed by atoms with Crippen LogP contribution < -0.4 is 5.32 Å². The topological polar surface area (TPSA) is 113 Å². The van der Waals surface area contributed by atoms with Crippen molar-refractivity contribution < 1.29 is 0 Å². The van der Waals surface area contributed by atoms with Gasteiger partial charge in [-0.2, -0.15) is 15.5 Å². The molecule has 9 heteroatoms. The molecule has 0 saturated heterocycles. The van der Waals surface area contributed by atoms with Crippen LogP contribution >= 0.6 is 0 Å². The number of benzene rings is 2. The molecule has 0 spiro atoms. The Bertz CT molecular complexity index is 1700. The van der Waals surface area contributed by atoms with Gasteiger partial charge in [-0.25, -0.2) is 9.67 Å². The van der Waals surface area contributed by atoms with Crippen molar-refractivity contribution in [2.24, 2.45) is 0 Å². The highest BCUT2D eigenvalue weighted by Crippen LogP contribution is 2.29. The van der Waals surface area contributed by atoms with E-state index in [2.05, 4.69) is 32.7 Å². The average molecular weight is 460 g/mol. The molecular weight excluding hydrogens is 438 g/mol. The Kier molecular flexibility index (Phi) is 4.96. The first kappa shape index (κ1) is 20.6. The van der Waals surface area contributed by atoms with E-state index < -0.39 is 0 Å². The first-order chi connectivity index (χ1) is 17.2. The van der Waals surface area contributed by atoms with Gasteiger partial charge >= 0.3 is 0 Å². The summed E-state index contributed by atoms with van der Waals surface area (Å²) in [4.78, 5) is 4.78. The Morgan fingerprint density at radius 3 is 2.77 bits per heavy atom. The van der Waals surface area contributed by atoms with Gasteiger partial charge in [0.2, 0.25) is 0 Å². The maximum Gasteiger partial charge on any atom is 0.175 e. The zero-order valence-electron chi connectivity index (χ0n) is 19.0. The van der Waals surface area contributed by atoms with Gasteiger partial charge in [0.1, 0.15) is 5.52 Å². The van der Waals surface area contributed by atoms with Gasteiger partial charge in [0, 0.05) is 29.9 Å². The van der Waals surface area contributed by atoms with Crippen LogP contribution in [0.15, 0.2) is 73.2 Å². The molecule has 4 aromatic heterocycles. The number of hydrogen-bond acceptors (Lipinski definition) is 6. The molecular formula is C26H21N9. The van der Waals surface area contributed by atoms with E-state index in [0.717, 1.165) is 56.8 Å². The smallest absolute Gasteiger partial charge is 0.175 e. The predicted molar refractivity (Wildman–Crippen MR) is 134 cm³/mol. The zero-order chi connectivity index (χ0) is 23.8. The number of nitriles is 1. The third kappa shape index (κ3) is 3.67. The fraction of sp³-hybridized carbons (Fsp3) is 0.115. The summed E-state index contributed by atoms with van der Waals surface area (Å²) in [7, 11) is 0. The number of aromatic nitrogens is 7. The van der Waals surface area contributed by atoms with Gasteiger partial charge in [-0.1, -0.05) is 12.1 Å². The second-order valence-corrected chi connectivity index (χ2v) is 8.21. The number of hydrogen-bond donors (Lipinski definition) is 2. The van der Waals surface area contributed by atoms with E-state index in [9.17, 15) is 0 Å². The van der Waals surface area contributed by atoms with Crippen molar-refractivity contribution in [1.82, 2.24) is 34.7 Å². The summed E-state index contributed by atoms with van der Waals surface area (Å²) < 4.78 is 3.85. The van der Waals surface area contributed by atoms with Crippen LogP contribution in [0.5, 0.6) is 0 Å². The van der Waals surface area contributed by atoms with E-state index in [0.29, 0.717) is 12.1 Å². The van der Waals surface area contributed by atoms with Crippen LogP contribution in [0.25, 0.3) is 38.9 Å². The van der Waals surface area contributed by atoms with Crippen molar-refractivity contribution in [3.8, 4) is 23.0 Å². The largest absolute Gasteiger partial charge is 0.367 e. The molecule has 0 bridgehead atoms. The summed E-state index contributed by atoms with van der Waals surface area (Å²) in [5.41, 5.74) is 7.15. The fourth-order valence-corrected chi connectivity index (χ4v) is 4.24. The number of aromatic amines is 1. The summed E-state index contributed by atoms with van der Waals surface area (Å²) in [6, 6.07) is 19.9. The molecule has 2 N–H and O–H groups in total. The quantitative estimate of drug-likeness (QED) is 0.379. The molecule has 6 rings (SSSR count). The summed E-state index contributed by atoms with van der Waals surface area (Å²) in [6.45, 7) is 3.37. The lowest BCUT2D eigenvalue weighted by Gasteiger charge is -2.09. The van der Waals surface area contributed by atoms with Crippen molar-refractivity contribution in [3.63, 3.8) is 0 Å². The highest BCUT2D eigenvalue weighted by atomic mass is 15.3. The van der Waals surface area contributed by atoms with Crippen LogP contribution in [0.4, 0.5) is 5.82 Å². The molecule has 0 unspecified atom stereocenters. The van der Waals surface area contributed by atoms with Crippen LogP contribution in [0.2, 0.25) is 0 Å². The minimum Gasteiger partial charge on any atom is -0.367 e. The molecule has 0 aliphatic carbocycles. The molecule has 0 aliphatic heterocycles. The Hall–Kier alpha value is -4.97. The van der Waals surface area contributed by atoms with Crippen LogP contribution in [0, 0.1) is 11.3 Å². The molecule has 0 radical (unpaired) electrons. The zero-order valence-corrected chi connectivity index (χ0v) is 19.0. The highest BCUT2D eigenvalue weighted by molar-refractivity contribution is 5.91. The van der Waals surface area contributed by atoms with E-state index in [-0.39, 0.29) is 0 Å². The first-order valence-corrected chi connectivity index (χ1v) is 11.3. The normalized spacial score (nSPS) is 11.2. The summed E-state index contributed by atoms with van der Waals surface area (Å²) in [5.74, 6) is 0.741. The number of nitrogens with one attached hydrogen (secondary N) is 2. The van der Waals surface area contributed by atoms with Gasteiger partial charge in [-0.05, 0) is 55.0 Å². The molecule has 9 nitrogen and oxygen atoms in total. The number of rotatable bonds is 6. The molecule has 6 aromatic rings. The number of fused-ring (bicyclic) bond motifs is 2. The Labute approximate surface area is 200 Å². The molecule has 4 heterocycles. The molecule has 0 fully saturated rings. The van der Waals surface area contributed by atoms with E-state index in [1.807, 2.05) is 71.0 Å². The van der Waals surface area contributed by atoms with Gasteiger partial charge in [0.25, 0.3) is 0 Å². The molecule has 0 saturated carbocycles. The van der Waals surface area contributed by atoms with Crippen molar-refractivity contribution in [1.29, 1.82) is 5.26 Å². The Morgan fingerprint density at radius 2 is 1.94 bits per heavy atom. The highest BCUT2D eigenvalue weighted by Gasteiger charge is 2.16. The van der Waals surface area contributed by atoms with Crippen molar-refractivity contribution in [2.75, 3.05) is 11.9 Å². The minimum absolute atomic E-state index is 0.588. The van der Waals surface area contributed by atoms with Crippen LogP contribution in [0.3, 0.4) is 0 Å². The van der Waals surface area contributed by atoms with E-state index in [1.54, 1.807) is 12.4 Å². The average Bonchev–Trinajstić information content (AvgIpc) is 3.63. The van der Waals surface area contributed by atoms with Crippen molar-refractivity contribution in [2.45, 2.75) is 13.5 Å². The number of nitrogens with zero attached hydrogens (tertiary/aromatic N) is 7. The van der Waals surface area contributed by atoms with E-state index in [4.69, 9.17) is 15.3 Å². The predicted octanol–water partition coefficient (Wildman–Crippen LogP) is 4.51. The van der Waals surface area contributed by atoms with Crippen LogP contribution in [0.1, 0.15) is 18.1 Å². The monoisotopic (exact) mass is 459 g/mol. The van der Waals surface area contributed by atoms with Crippen molar-refractivity contribution >= 4 is 27.8 Å². The van der Waals surface area contributed by atoms with E-state index in [1.165, 1.54) is 0 Å². The molecule has 0 atom stereocenters. The first-order valence-electron chi connectivity index (χ1n) is 11.3. The molecule has 170 valence electrons. The van der Waals surface area contributed by atoms with Crippen molar-refractivity contribution in [3.05, 3.63) is 84.3 Å². The van der Waals surface area contributed by atoms with E-state index >= 15 is 0 Å². The van der Waals surface area contributed by atoms with Gasteiger partial charge in [0.05, 0.1) is 46.8 Å². The SMILES string of the molecule is CCNc1nn(-c2ccc3cn[nH]c3c2)c2cc(-c3ccnn3Cc3ccc(C#N)cc3)cnc12. The molecule has 0 amide bonds. The molecule has 35 heavy (non-hydrogen) atoms. The standard InChI is InChI=1S/C26H21N9/c1-2-28-26-25-24(35(33-26)21-8-7-19-15-30-32-22(19)12-21)11-20(14-29-25)23-9-10-31-34(23)16-18-5-3-17(13-27)4-6-18/h3-12,14-15H,2,16H2,1H3,(H,28,33)(H,30,32). The second-order valence-electron chi connectivity index (χ2n) is 8.21. The molecule has 0 aliphatic rings. The maximum atomic E-state index is 9.05. The number of pyridine rings is 1.